The van der Waals surface area contributed by atoms with Gasteiger partial charge in [-0.3, -0.25) is 62.7 Å². The molecule has 2 aliphatic rings. The van der Waals surface area contributed by atoms with Crippen LogP contribution >= 0.6 is 0 Å². The number of hydrogen-bond donors (Lipinski definition) is 18. The molecule has 0 aliphatic carbocycles. The van der Waals surface area contributed by atoms with Gasteiger partial charge in [0.2, 0.25) is 65.0 Å². The van der Waals surface area contributed by atoms with Gasteiger partial charge in [0, 0.05) is 32.6 Å². The number of carboxylic acid groups (broad SMARTS) is 1. The summed E-state index contributed by atoms with van der Waals surface area (Å²) in [6, 6.07) is -7.08. The van der Waals surface area contributed by atoms with Crippen LogP contribution in [0.4, 0.5) is 0 Å². The number of carbonyl (C=O) groups is 12. The lowest BCUT2D eigenvalue weighted by Crippen LogP contribution is -2.63. The van der Waals surface area contributed by atoms with E-state index < -0.39 is 156 Å². The number of aliphatic carboxylic acids is 1. The van der Waals surface area contributed by atoms with Crippen LogP contribution in [-0.4, -0.2) is 219 Å². The van der Waals surface area contributed by atoms with Crippen LogP contribution in [0.2, 0.25) is 0 Å². The Hall–Kier alpha value is -8.76. The first-order valence-corrected chi connectivity index (χ1v) is 32.3. The number of aliphatic imine (C=N–C) groups is 2. The third-order valence-electron chi connectivity index (χ3n) is 15.8. The van der Waals surface area contributed by atoms with E-state index in [9.17, 15) is 72.9 Å². The van der Waals surface area contributed by atoms with Gasteiger partial charge in [-0.05, 0) is 121 Å². The molecule has 2 saturated heterocycles. The summed E-state index contributed by atoms with van der Waals surface area (Å²) in [5.41, 5.74) is 40.1. The fourth-order valence-corrected chi connectivity index (χ4v) is 11.0. The number of unbranched alkanes of at least 4 members (excludes halogenated alkanes) is 1. The summed E-state index contributed by atoms with van der Waals surface area (Å²) in [4.78, 5) is 176. The summed E-state index contributed by atoms with van der Waals surface area (Å²) in [6.07, 6.45) is -1.71. The average Bonchev–Trinajstić information content (AvgIpc) is 1.77. The molecule has 2 heterocycles. The van der Waals surface area contributed by atoms with E-state index in [1.807, 2.05) is 0 Å². The van der Waals surface area contributed by atoms with E-state index in [4.69, 9.17) is 40.1 Å². The van der Waals surface area contributed by atoms with Crippen LogP contribution in [0, 0.1) is 11.8 Å². The highest BCUT2D eigenvalue weighted by atomic mass is 16.4. The Kier molecular flexibility index (Phi) is 34.3. The predicted octanol–water partition coefficient (Wildman–Crippen LogP) is -5.53. The zero-order valence-corrected chi connectivity index (χ0v) is 55.3. The Morgan fingerprint density at radius 2 is 0.947 bits per heavy atom. The summed E-state index contributed by atoms with van der Waals surface area (Å²) in [5.74, 6) is -12.1. The number of aliphatic hydroxyl groups is 2. The molecule has 2 fully saturated rings. The lowest BCUT2D eigenvalue weighted by atomic mass is 10.00. The number of guanidine groups is 2. The van der Waals surface area contributed by atoms with Crippen molar-refractivity contribution < 1.29 is 72.9 Å². The number of carbonyl (C=O) groups excluding carboxylic acids is 11. The molecule has 95 heavy (non-hydrogen) atoms. The monoisotopic (exact) mass is 1340 g/mol. The van der Waals surface area contributed by atoms with Crippen molar-refractivity contribution in [1.82, 2.24) is 52.3 Å². The molecule has 25 N–H and O–H groups in total. The van der Waals surface area contributed by atoms with Crippen LogP contribution < -0.4 is 82.7 Å². The predicted molar refractivity (Wildman–Crippen MR) is 349 cm³/mol. The number of likely N-dealkylation sites (tertiary alicyclic amines) is 2. The number of carboxylic acids is 1. The van der Waals surface area contributed by atoms with Gasteiger partial charge in [0.15, 0.2) is 11.9 Å². The number of nitrogens with one attached hydrogen (secondary N) is 8. The second-order valence-electron chi connectivity index (χ2n) is 24.9. The zero-order chi connectivity index (χ0) is 71.2. The van der Waals surface area contributed by atoms with Gasteiger partial charge in [-0.2, -0.15) is 0 Å². The van der Waals surface area contributed by atoms with Crippen molar-refractivity contribution in [2.24, 2.45) is 62.0 Å². The minimum Gasteiger partial charge on any atom is -0.480 e. The van der Waals surface area contributed by atoms with Gasteiger partial charge in [0.25, 0.3) is 0 Å². The van der Waals surface area contributed by atoms with Gasteiger partial charge in [-0.15, -0.1) is 0 Å². The molecule has 0 bridgehead atoms. The smallest absolute Gasteiger partial charge is 0.326 e. The first kappa shape index (κ1) is 80.5. The van der Waals surface area contributed by atoms with Crippen LogP contribution in [0.25, 0.3) is 0 Å². The maximum absolute atomic E-state index is 14.7. The van der Waals surface area contributed by atoms with E-state index in [1.165, 1.54) is 9.80 Å². The Morgan fingerprint density at radius 3 is 1.44 bits per heavy atom. The molecule has 3 rings (SSSR count). The minimum atomic E-state index is -1.88. The first-order chi connectivity index (χ1) is 44.8. The van der Waals surface area contributed by atoms with Crippen LogP contribution in [0.15, 0.2) is 40.3 Å². The summed E-state index contributed by atoms with van der Waals surface area (Å²) >= 11 is 0. The molecule has 1 aromatic rings. The fraction of sp³-hybridized carbons (Fsp3) is 0.672. The Balaban J connectivity index is 1.83. The minimum absolute atomic E-state index is 0.00634. The fourth-order valence-electron chi connectivity index (χ4n) is 11.0. The van der Waals surface area contributed by atoms with Crippen molar-refractivity contribution in [1.29, 1.82) is 0 Å². The van der Waals surface area contributed by atoms with Gasteiger partial charge < -0.3 is 108 Å². The van der Waals surface area contributed by atoms with Crippen molar-refractivity contribution in [3.63, 3.8) is 0 Å². The number of nitrogens with two attached hydrogens (primary N) is 7. The van der Waals surface area contributed by atoms with E-state index in [2.05, 4.69) is 52.5 Å². The Bertz CT molecular complexity index is 2820. The molecule has 2 aliphatic heterocycles. The number of hydrogen-bond acceptors (Lipinski definition) is 18. The second-order valence-corrected chi connectivity index (χ2v) is 24.9. The van der Waals surface area contributed by atoms with Crippen molar-refractivity contribution in [3.8, 4) is 0 Å². The molecular formula is C61H103N19O15. The molecule has 0 saturated carbocycles. The van der Waals surface area contributed by atoms with E-state index >= 15 is 0 Å². The van der Waals surface area contributed by atoms with Gasteiger partial charge in [-0.25, -0.2) is 4.79 Å². The number of aliphatic hydroxyl groups excluding tert-OH is 2. The lowest BCUT2D eigenvalue weighted by molar-refractivity contribution is -0.143. The van der Waals surface area contributed by atoms with Crippen molar-refractivity contribution in [3.05, 3.63) is 35.9 Å². The van der Waals surface area contributed by atoms with Crippen molar-refractivity contribution in [2.75, 3.05) is 32.7 Å². The molecule has 34 heteroatoms. The van der Waals surface area contributed by atoms with Crippen LogP contribution in [0.5, 0.6) is 0 Å². The molecule has 532 valence electrons. The summed E-state index contributed by atoms with van der Waals surface area (Å²) in [5, 5.41) is 52.0. The van der Waals surface area contributed by atoms with Gasteiger partial charge >= 0.3 is 5.97 Å². The summed E-state index contributed by atoms with van der Waals surface area (Å²) in [7, 11) is 0. The average molecular weight is 1340 g/mol. The number of amides is 11. The summed E-state index contributed by atoms with van der Waals surface area (Å²) in [6.45, 7) is 9.90. The number of nitrogens with zero attached hydrogens (tertiary/aromatic N) is 4. The molecule has 34 nitrogen and oxygen atoms in total. The van der Waals surface area contributed by atoms with Crippen molar-refractivity contribution in [2.45, 2.75) is 217 Å². The maximum Gasteiger partial charge on any atom is 0.326 e. The Morgan fingerprint density at radius 1 is 0.516 bits per heavy atom. The maximum atomic E-state index is 14.7. The first-order valence-electron chi connectivity index (χ1n) is 32.3. The topological polar surface area (TPSA) is 575 Å². The highest BCUT2D eigenvalue weighted by Gasteiger charge is 2.43. The highest BCUT2D eigenvalue weighted by molar-refractivity contribution is 6.00. The zero-order valence-electron chi connectivity index (χ0n) is 55.3. The molecule has 0 radical (unpaired) electrons. The van der Waals surface area contributed by atoms with E-state index in [0.29, 0.717) is 31.2 Å². The number of primary amides is 1. The quantitative estimate of drug-likeness (QED) is 0.0165. The van der Waals surface area contributed by atoms with E-state index in [0.717, 1.165) is 13.8 Å². The summed E-state index contributed by atoms with van der Waals surface area (Å²) < 4.78 is 0. The molecular weight excluding hydrogens is 1240 g/mol. The number of rotatable bonds is 41. The largest absolute Gasteiger partial charge is 0.480 e. The molecule has 0 aromatic heterocycles. The van der Waals surface area contributed by atoms with Crippen molar-refractivity contribution >= 4 is 82.9 Å². The normalized spacial score (nSPS) is 17.9. The SMILES string of the molecule is CC(C)C[C@H](NC(=O)[C@H](CC(N)=O)NC(=O)[C@H](CC(C)C)NC(=O)[C@@H](NC(=O)[C@@H](NC(=O)[C@@H]1CCCN1C(=O)[C@H](CCCN=C(N)N)NC(=O)[C@H](CCCCN)NC(=O)[C@@H]1CCCN1C(=O)[C@@H](N)CCCN=C(N)N)[C@@H](C)O)[C@@H](C)O)C(=O)N[C@@H](Cc1ccccc1)C(=O)O. The standard InChI is InChI=1S/C61H103N19O15/c1-32(2)28-40(51(86)76-43(59(94)95)30-36-16-8-7-9-17-36)73-52(87)42(31-46(64)83)74-50(85)41(29-33(3)4)75-55(90)47(34(5)81)78-56(91)48(35(6)82)77-54(89)45-22-15-27-80(45)58(93)39(20-13-25-70-61(67)68)72-49(84)38(19-10-11-23-62)71-53(88)44-21-14-26-79(44)57(92)37(63)18-12-24-69-60(65)66/h7-9,16-17,32-35,37-45,47-48,81-82H,10-15,18-31,62-63H2,1-6H3,(H2,64,83)(H,71,88)(H,72,84)(H,73,87)(H,74,85)(H,75,90)(H,76,86)(H,77,89)(H,78,91)(H,94,95)(H4,65,66,69)(H4,67,68,70)/t34-,35-,37+,38+,39+,40+,41+,42+,43+,44+,45+,47+,48+/m1/s1. The molecule has 0 unspecified atom stereocenters. The van der Waals surface area contributed by atoms with E-state index in [-0.39, 0.29) is 121 Å². The molecule has 11 amide bonds. The van der Waals surface area contributed by atoms with Crippen LogP contribution in [-0.2, 0) is 64.0 Å². The highest BCUT2D eigenvalue weighted by Crippen LogP contribution is 2.23. The van der Waals surface area contributed by atoms with Crippen LogP contribution in [0.1, 0.15) is 137 Å². The van der Waals surface area contributed by atoms with Gasteiger partial charge in [-0.1, -0.05) is 58.0 Å². The lowest BCUT2D eigenvalue weighted by Gasteiger charge is -2.32. The third kappa shape index (κ3) is 27.6. The second kappa shape index (κ2) is 40.5. The Labute approximate surface area is 553 Å². The molecule has 0 spiro atoms. The van der Waals surface area contributed by atoms with Crippen LogP contribution in [0.3, 0.4) is 0 Å². The van der Waals surface area contributed by atoms with Gasteiger partial charge in [0.05, 0.1) is 24.7 Å². The van der Waals surface area contributed by atoms with E-state index in [1.54, 1.807) is 58.0 Å². The third-order valence-corrected chi connectivity index (χ3v) is 15.8. The van der Waals surface area contributed by atoms with Gasteiger partial charge in [0.1, 0.15) is 60.4 Å². The molecule has 13 atom stereocenters. The number of benzene rings is 1. The molecule has 1 aromatic carbocycles.